The second kappa shape index (κ2) is 5.99. The van der Waals surface area contributed by atoms with Crippen molar-refractivity contribution in [2.75, 3.05) is 26.2 Å². The first-order chi connectivity index (χ1) is 8.00. The van der Waals surface area contributed by atoms with Crippen molar-refractivity contribution in [1.29, 1.82) is 5.26 Å². The number of amides is 1. The monoisotopic (exact) mass is 238 g/mol. The number of nitrogens with one attached hydrogen (secondary N) is 1. The van der Waals surface area contributed by atoms with E-state index in [-0.39, 0.29) is 11.8 Å². The van der Waals surface area contributed by atoms with Gasteiger partial charge in [0.15, 0.2) is 0 Å². The topological polar surface area (TPSA) is 82.2 Å². The Morgan fingerprint density at radius 3 is 2.59 bits per heavy atom. The van der Waals surface area contributed by atoms with E-state index in [0.717, 1.165) is 32.5 Å². The van der Waals surface area contributed by atoms with E-state index in [2.05, 4.69) is 16.3 Å². The standard InChI is InChI=1S/C12H22N4O/c1-3-15-12(2,8-13)9-16-6-4-10(5-7-16)11(14)17/h10,15H,3-7,9H2,1-2H3,(H2,14,17). The molecule has 1 fully saturated rings. The van der Waals surface area contributed by atoms with Crippen LogP contribution in [0.4, 0.5) is 0 Å². The van der Waals surface area contributed by atoms with Crippen LogP contribution in [0.25, 0.3) is 0 Å². The minimum atomic E-state index is -0.506. The van der Waals surface area contributed by atoms with Gasteiger partial charge < -0.3 is 10.6 Å². The number of carbonyl (C=O) groups is 1. The van der Waals surface area contributed by atoms with Crippen molar-refractivity contribution in [3.8, 4) is 6.07 Å². The van der Waals surface area contributed by atoms with Gasteiger partial charge in [0.1, 0.15) is 5.54 Å². The molecule has 96 valence electrons. The lowest BCUT2D eigenvalue weighted by molar-refractivity contribution is -0.123. The summed E-state index contributed by atoms with van der Waals surface area (Å²) in [4.78, 5) is 13.3. The van der Waals surface area contributed by atoms with E-state index in [4.69, 9.17) is 5.73 Å². The third-order valence-corrected chi connectivity index (χ3v) is 3.34. The Labute approximate surface area is 103 Å². The fourth-order valence-corrected chi connectivity index (χ4v) is 2.34. The van der Waals surface area contributed by atoms with Gasteiger partial charge in [0, 0.05) is 12.5 Å². The Morgan fingerprint density at radius 2 is 2.18 bits per heavy atom. The molecule has 0 spiro atoms. The van der Waals surface area contributed by atoms with Crippen molar-refractivity contribution >= 4 is 5.91 Å². The highest BCUT2D eigenvalue weighted by atomic mass is 16.1. The van der Waals surface area contributed by atoms with Crippen LogP contribution in [0.15, 0.2) is 0 Å². The molecule has 17 heavy (non-hydrogen) atoms. The van der Waals surface area contributed by atoms with E-state index in [9.17, 15) is 10.1 Å². The number of piperidine rings is 1. The normalized spacial score (nSPS) is 21.7. The van der Waals surface area contributed by atoms with E-state index in [1.54, 1.807) is 0 Å². The van der Waals surface area contributed by atoms with Crippen molar-refractivity contribution in [3.63, 3.8) is 0 Å². The Bertz CT molecular complexity index is 304. The number of rotatable bonds is 5. The largest absolute Gasteiger partial charge is 0.369 e. The number of nitrogens with zero attached hydrogens (tertiary/aromatic N) is 2. The summed E-state index contributed by atoms with van der Waals surface area (Å²) in [5, 5.41) is 12.4. The van der Waals surface area contributed by atoms with Gasteiger partial charge in [-0.25, -0.2) is 0 Å². The lowest BCUT2D eigenvalue weighted by Crippen LogP contribution is -2.52. The maximum absolute atomic E-state index is 11.0. The van der Waals surface area contributed by atoms with Crippen molar-refractivity contribution in [3.05, 3.63) is 0 Å². The minimum Gasteiger partial charge on any atom is -0.369 e. The van der Waals surface area contributed by atoms with Crippen LogP contribution in [0.5, 0.6) is 0 Å². The summed E-state index contributed by atoms with van der Waals surface area (Å²) < 4.78 is 0. The lowest BCUT2D eigenvalue weighted by Gasteiger charge is -2.35. The summed E-state index contributed by atoms with van der Waals surface area (Å²) in [6, 6.07) is 2.32. The number of carbonyl (C=O) groups excluding carboxylic acids is 1. The number of hydrogen-bond donors (Lipinski definition) is 2. The van der Waals surface area contributed by atoms with Crippen molar-refractivity contribution in [2.45, 2.75) is 32.2 Å². The first-order valence-corrected chi connectivity index (χ1v) is 6.18. The Hall–Kier alpha value is -1.12. The molecule has 1 unspecified atom stereocenters. The summed E-state index contributed by atoms with van der Waals surface area (Å²) >= 11 is 0. The molecule has 3 N–H and O–H groups in total. The average Bonchev–Trinajstić information content (AvgIpc) is 2.30. The molecule has 0 bridgehead atoms. The first kappa shape index (κ1) is 13.9. The van der Waals surface area contributed by atoms with Gasteiger partial charge in [-0.1, -0.05) is 6.92 Å². The number of likely N-dealkylation sites (tertiary alicyclic amines) is 1. The molecule has 5 heteroatoms. The molecule has 0 saturated carbocycles. The van der Waals surface area contributed by atoms with E-state index in [0.29, 0.717) is 6.54 Å². The molecule has 0 aromatic carbocycles. The highest BCUT2D eigenvalue weighted by Crippen LogP contribution is 2.18. The average molecular weight is 238 g/mol. The van der Waals surface area contributed by atoms with E-state index in [1.165, 1.54) is 0 Å². The van der Waals surface area contributed by atoms with Crippen LogP contribution in [0, 0.1) is 17.2 Å². The molecule has 1 aliphatic heterocycles. The van der Waals surface area contributed by atoms with Crippen molar-refractivity contribution < 1.29 is 4.79 Å². The van der Waals surface area contributed by atoms with Crippen LogP contribution in [0.1, 0.15) is 26.7 Å². The van der Waals surface area contributed by atoms with Crippen LogP contribution in [0.3, 0.4) is 0 Å². The quantitative estimate of drug-likeness (QED) is 0.710. The highest BCUT2D eigenvalue weighted by molar-refractivity contribution is 5.76. The molecule has 1 rings (SSSR count). The summed E-state index contributed by atoms with van der Waals surface area (Å²) in [7, 11) is 0. The predicted molar refractivity (Wildman–Crippen MR) is 66.1 cm³/mol. The third kappa shape index (κ3) is 3.99. The number of nitriles is 1. The summed E-state index contributed by atoms with van der Waals surface area (Å²) in [6.45, 7) is 7.07. The molecule has 0 radical (unpaired) electrons. The van der Waals surface area contributed by atoms with Gasteiger partial charge in [-0.05, 0) is 39.4 Å². The van der Waals surface area contributed by atoms with Crippen LogP contribution in [0.2, 0.25) is 0 Å². The molecule has 0 aromatic rings. The van der Waals surface area contributed by atoms with Gasteiger partial charge in [-0.2, -0.15) is 5.26 Å². The van der Waals surface area contributed by atoms with Gasteiger partial charge in [0.2, 0.25) is 5.91 Å². The highest BCUT2D eigenvalue weighted by Gasteiger charge is 2.29. The Kier molecular flexibility index (Phi) is 4.91. The zero-order chi connectivity index (χ0) is 12.9. The van der Waals surface area contributed by atoms with Crippen LogP contribution in [-0.2, 0) is 4.79 Å². The molecule has 1 amide bonds. The molecule has 5 nitrogen and oxygen atoms in total. The van der Waals surface area contributed by atoms with Crippen molar-refractivity contribution in [2.24, 2.45) is 11.7 Å². The van der Waals surface area contributed by atoms with Gasteiger partial charge in [0.05, 0.1) is 6.07 Å². The smallest absolute Gasteiger partial charge is 0.220 e. The molecule has 0 aliphatic carbocycles. The molecule has 1 aliphatic rings. The van der Waals surface area contributed by atoms with Gasteiger partial charge in [-0.15, -0.1) is 0 Å². The predicted octanol–water partition coefficient (Wildman–Crippen LogP) is 0.0755. The SMILES string of the molecule is CCNC(C)(C#N)CN1CCC(C(N)=O)CC1. The summed E-state index contributed by atoms with van der Waals surface area (Å²) in [5.74, 6) is -0.182. The molecule has 1 heterocycles. The number of nitrogens with two attached hydrogens (primary N) is 1. The van der Waals surface area contributed by atoms with Gasteiger partial charge in [0.25, 0.3) is 0 Å². The molecular weight excluding hydrogens is 216 g/mol. The second-order valence-corrected chi connectivity index (χ2v) is 4.93. The summed E-state index contributed by atoms with van der Waals surface area (Å²) in [5.41, 5.74) is 4.79. The maximum atomic E-state index is 11.0. The van der Waals surface area contributed by atoms with Crippen molar-refractivity contribution in [1.82, 2.24) is 10.2 Å². The Morgan fingerprint density at radius 1 is 1.59 bits per heavy atom. The number of primary amides is 1. The van der Waals surface area contributed by atoms with Gasteiger partial charge >= 0.3 is 0 Å². The molecule has 1 atom stereocenters. The molecule has 1 saturated heterocycles. The number of likely N-dealkylation sites (N-methyl/N-ethyl adjacent to an activating group) is 1. The zero-order valence-corrected chi connectivity index (χ0v) is 10.7. The fourth-order valence-electron chi connectivity index (χ4n) is 2.34. The van der Waals surface area contributed by atoms with Crippen LogP contribution >= 0.6 is 0 Å². The second-order valence-electron chi connectivity index (χ2n) is 4.93. The lowest BCUT2D eigenvalue weighted by atomic mass is 9.94. The van der Waals surface area contributed by atoms with Gasteiger partial charge in [-0.3, -0.25) is 10.1 Å². The Balaban J connectivity index is 2.45. The van der Waals surface area contributed by atoms with E-state index >= 15 is 0 Å². The van der Waals surface area contributed by atoms with E-state index in [1.807, 2.05) is 13.8 Å². The summed E-state index contributed by atoms with van der Waals surface area (Å²) in [6.07, 6.45) is 1.62. The van der Waals surface area contributed by atoms with E-state index < -0.39 is 5.54 Å². The molecular formula is C12H22N4O. The molecule has 0 aromatic heterocycles. The number of hydrogen-bond acceptors (Lipinski definition) is 4. The zero-order valence-electron chi connectivity index (χ0n) is 10.7. The minimum absolute atomic E-state index is 0.0127. The van der Waals surface area contributed by atoms with Crippen LogP contribution < -0.4 is 11.1 Å². The van der Waals surface area contributed by atoms with Crippen LogP contribution in [-0.4, -0.2) is 42.5 Å². The first-order valence-electron chi connectivity index (χ1n) is 6.18. The fraction of sp³-hybridized carbons (Fsp3) is 0.833. The third-order valence-electron chi connectivity index (χ3n) is 3.34. The maximum Gasteiger partial charge on any atom is 0.220 e.